The zero-order chi connectivity index (χ0) is 32.2. The third-order valence-electron chi connectivity index (χ3n) is 8.67. The van der Waals surface area contributed by atoms with E-state index in [-0.39, 0.29) is 5.91 Å². The summed E-state index contributed by atoms with van der Waals surface area (Å²) >= 11 is 0. The molecule has 1 saturated heterocycles. The van der Waals surface area contributed by atoms with Crippen LogP contribution < -0.4 is 31.1 Å². The van der Waals surface area contributed by atoms with Crippen LogP contribution in [0.3, 0.4) is 0 Å². The highest BCUT2D eigenvalue weighted by Crippen LogP contribution is 2.56. The molecule has 0 bridgehead atoms. The number of aromatic nitrogens is 1. The number of rotatable bonds is 16. The van der Waals surface area contributed by atoms with Gasteiger partial charge in [-0.15, -0.1) is 0 Å². The Kier molecular flexibility index (Phi) is 12.4. The van der Waals surface area contributed by atoms with Crippen molar-refractivity contribution in [3.8, 4) is 0 Å². The van der Waals surface area contributed by atoms with Crippen LogP contribution in [0.25, 0.3) is 0 Å². The molecule has 0 spiro atoms. The topological polar surface area (TPSA) is 115 Å². The molecule has 9 heteroatoms. The molecule has 46 heavy (non-hydrogen) atoms. The van der Waals surface area contributed by atoms with E-state index in [2.05, 4.69) is 102 Å². The second-order valence-electron chi connectivity index (χ2n) is 11.7. The van der Waals surface area contributed by atoms with Crippen molar-refractivity contribution in [1.82, 2.24) is 10.6 Å². The number of carbonyl (C=O) groups excluding carboxylic acids is 1. The zero-order valence-corrected chi connectivity index (χ0v) is 27.1. The predicted molar refractivity (Wildman–Crippen MR) is 183 cm³/mol. The minimum atomic E-state index is -1.78. The van der Waals surface area contributed by atoms with Crippen molar-refractivity contribution in [3.05, 3.63) is 121 Å². The monoisotopic (exact) mass is 643 g/mol. The van der Waals surface area contributed by atoms with Gasteiger partial charge in [0.25, 0.3) is 12.1 Å². The lowest BCUT2D eigenvalue weighted by Crippen LogP contribution is -2.46. The third kappa shape index (κ3) is 8.07. The number of ether oxygens (including phenoxy) is 1. The number of nitrogens with one attached hydrogen (secondary N) is 2. The van der Waals surface area contributed by atoms with E-state index >= 15 is 0 Å². The second kappa shape index (κ2) is 16.9. The van der Waals surface area contributed by atoms with Gasteiger partial charge in [-0.3, -0.25) is 4.79 Å². The summed E-state index contributed by atoms with van der Waals surface area (Å²) in [6, 6.07) is 36.5. The molecule has 1 aliphatic heterocycles. The summed E-state index contributed by atoms with van der Waals surface area (Å²) in [6.45, 7) is 1.64. The molecule has 5 N–H and O–H groups in total. The van der Waals surface area contributed by atoms with Crippen LogP contribution in [-0.4, -0.2) is 71.9 Å². The fraction of sp³-hybridized carbons (Fsp3) is 0.351. The van der Waals surface area contributed by atoms with Gasteiger partial charge in [0, 0.05) is 19.2 Å². The van der Waals surface area contributed by atoms with Crippen LogP contribution in [0.4, 0.5) is 0 Å². The smallest absolute Gasteiger partial charge is 0.292 e. The van der Waals surface area contributed by atoms with Gasteiger partial charge in [-0.05, 0) is 68.3 Å². The quantitative estimate of drug-likeness (QED) is 0.0729. The predicted octanol–water partition coefficient (Wildman–Crippen LogP) is 2.46. The summed E-state index contributed by atoms with van der Waals surface area (Å²) in [6.07, 6.45) is 4.76. The number of hydrogen-bond acceptors (Lipinski definition) is 6. The minimum Gasteiger partial charge on any atom is -0.394 e. The SMILES string of the molecule is O=C(NCCNCCCCCC[P+](c1ccccc1)(c1ccccc1)c1ccccc1)c1ccc[n+]([C@@H]2O[C@H](CO)[C@@H](O)[C@H]2O)c1. The number of pyridine rings is 1. The first-order chi connectivity index (χ1) is 22.5. The number of nitrogens with zero attached hydrogens (tertiary/aromatic N) is 1. The van der Waals surface area contributed by atoms with Gasteiger partial charge in [-0.1, -0.05) is 61.0 Å². The van der Waals surface area contributed by atoms with E-state index in [1.54, 1.807) is 29.1 Å². The number of carbonyl (C=O) groups is 1. The molecule has 1 amide bonds. The molecule has 0 aliphatic carbocycles. The average Bonchev–Trinajstić information content (AvgIpc) is 3.41. The lowest BCUT2D eigenvalue weighted by Gasteiger charge is -2.27. The van der Waals surface area contributed by atoms with Crippen LogP contribution in [0.5, 0.6) is 0 Å². The van der Waals surface area contributed by atoms with Gasteiger partial charge in [0.2, 0.25) is 0 Å². The number of aliphatic hydroxyl groups excluding tert-OH is 3. The van der Waals surface area contributed by atoms with Crippen LogP contribution in [0, 0.1) is 0 Å². The Morgan fingerprint density at radius 3 is 1.87 bits per heavy atom. The molecule has 4 aromatic rings. The van der Waals surface area contributed by atoms with Gasteiger partial charge in [0.1, 0.15) is 40.9 Å². The normalized spacial score (nSPS) is 19.6. The van der Waals surface area contributed by atoms with E-state index < -0.39 is 38.4 Å². The second-order valence-corrected chi connectivity index (χ2v) is 15.3. The van der Waals surface area contributed by atoms with Crippen molar-refractivity contribution in [1.29, 1.82) is 0 Å². The van der Waals surface area contributed by atoms with Crippen molar-refractivity contribution in [2.75, 3.05) is 32.4 Å². The Balaban J connectivity index is 1.05. The maximum absolute atomic E-state index is 12.7. The highest BCUT2D eigenvalue weighted by molar-refractivity contribution is 7.95. The summed E-state index contributed by atoms with van der Waals surface area (Å²) in [7, 11) is -1.78. The molecule has 0 unspecified atom stereocenters. The highest BCUT2D eigenvalue weighted by atomic mass is 31.2. The van der Waals surface area contributed by atoms with Gasteiger partial charge in [-0.2, -0.15) is 4.57 Å². The minimum absolute atomic E-state index is 0.232. The molecule has 1 aromatic heterocycles. The first-order valence-corrected chi connectivity index (χ1v) is 18.2. The largest absolute Gasteiger partial charge is 0.394 e. The van der Waals surface area contributed by atoms with E-state index in [4.69, 9.17) is 4.74 Å². The van der Waals surface area contributed by atoms with Crippen molar-refractivity contribution in [2.45, 2.75) is 50.2 Å². The fourth-order valence-electron chi connectivity index (χ4n) is 6.24. The van der Waals surface area contributed by atoms with Gasteiger partial charge >= 0.3 is 0 Å². The number of benzene rings is 3. The summed E-state index contributed by atoms with van der Waals surface area (Å²) in [5.41, 5.74) is 0.417. The van der Waals surface area contributed by atoms with E-state index in [0.717, 1.165) is 38.4 Å². The van der Waals surface area contributed by atoms with Gasteiger partial charge < -0.3 is 30.7 Å². The average molecular weight is 644 g/mol. The Bertz CT molecular complexity index is 1400. The molecule has 2 heterocycles. The lowest BCUT2D eigenvalue weighted by atomic mass is 10.1. The standard InChI is InChI=1S/C37H45N3O5P/c41-28-33-34(42)35(43)37(45-33)40-25-14-15-29(27-40)36(44)39-24-23-38-22-12-1-2-13-26-46(30-16-6-3-7-17-30,31-18-8-4-9-19-31)32-20-10-5-11-21-32/h3-11,14-21,25,27,33-35,37-38,41-43H,1-2,12-13,22-24,26,28H2/q+1/p+1/t33-,34-,35-,37-/m1/s1. The van der Waals surface area contributed by atoms with Gasteiger partial charge in [0.15, 0.2) is 18.5 Å². The highest BCUT2D eigenvalue weighted by Gasteiger charge is 2.48. The first kappa shape index (κ1) is 33.9. The Morgan fingerprint density at radius 2 is 1.30 bits per heavy atom. The molecule has 3 aromatic carbocycles. The van der Waals surface area contributed by atoms with E-state index in [1.807, 2.05) is 0 Å². The molecular formula is C37H46N3O5P+2. The number of amides is 1. The third-order valence-corrected chi connectivity index (χ3v) is 13.2. The molecule has 1 aliphatic rings. The van der Waals surface area contributed by atoms with Crippen LogP contribution in [0.1, 0.15) is 42.3 Å². The fourth-order valence-corrected chi connectivity index (χ4v) is 10.6. The molecular weight excluding hydrogens is 597 g/mol. The first-order valence-electron chi connectivity index (χ1n) is 16.2. The van der Waals surface area contributed by atoms with Gasteiger partial charge in [0.05, 0.1) is 12.8 Å². The lowest BCUT2D eigenvalue weighted by molar-refractivity contribution is -0.765. The molecule has 0 saturated carbocycles. The van der Waals surface area contributed by atoms with Crippen molar-refractivity contribution < 1.29 is 29.4 Å². The summed E-state index contributed by atoms with van der Waals surface area (Å²) < 4.78 is 7.11. The number of hydrogen-bond donors (Lipinski definition) is 5. The zero-order valence-electron chi connectivity index (χ0n) is 26.2. The molecule has 0 radical (unpaired) electrons. The van der Waals surface area contributed by atoms with E-state index in [1.165, 1.54) is 15.9 Å². The number of unbranched alkanes of at least 4 members (excludes halogenated alkanes) is 3. The van der Waals surface area contributed by atoms with Crippen molar-refractivity contribution in [3.63, 3.8) is 0 Å². The molecule has 8 nitrogen and oxygen atoms in total. The number of aliphatic hydroxyl groups is 3. The maximum atomic E-state index is 12.7. The van der Waals surface area contributed by atoms with Crippen molar-refractivity contribution >= 4 is 29.1 Å². The van der Waals surface area contributed by atoms with Gasteiger partial charge in [-0.25, -0.2) is 0 Å². The Hall–Kier alpha value is -3.49. The summed E-state index contributed by atoms with van der Waals surface area (Å²) in [5, 5.41) is 40.3. The Labute approximate surface area is 272 Å². The maximum Gasteiger partial charge on any atom is 0.292 e. The van der Waals surface area contributed by atoms with Crippen LogP contribution >= 0.6 is 7.26 Å². The molecule has 1 fully saturated rings. The van der Waals surface area contributed by atoms with Crippen LogP contribution in [-0.2, 0) is 4.74 Å². The van der Waals surface area contributed by atoms with Crippen LogP contribution in [0.15, 0.2) is 116 Å². The molecule has 4 atom stereocenters. The van der Waals surface area contributed by atoms with Crippen LogP contribution in [0.2, 0.25) is 0 Å². The van der Waals surface area contributed by atoms with E-state index in [9.17, 15) is 20.1 Å². The van der Waals surface area contributed by atoms with Crippen molar-refractivity contribution in [2.24, 2.45) is 0 Å². The molecule has 5 rings (SSSR count). The summed E-state index contributed by atoms with van der Waals surface area (Å²) in [5.74, 6) is -0.232. The Morgan fingerprint density at radius 1 is 0.717 bits per heavy atom. The van der Waals surface area contributed by atoms with E-state index in [0.29, 0.717) is 18.7 Å². The molecule has 242 valence electrons. The summed E-state index contributed by atoms with van der Waals surface area (Å²) in [4.78, 5) is 12.7.